The van der Waals surface area contributed by atoms with Crippen molar-refractivity contribution in [2.75, 3.05) is 33.3 Å². The summed E-state index contributed by atoms with van der Waals surface area (Å²) in [6, 6.07) is 7.54. The van der Waals surface area contributed by atoms with Crippen molar-refractivity contribution >= 4 is 17.8 Å². The van der Waals surface area contributed by atoms with Crippen molar-refractivity contribution in [2.45, 2.75) is 19.3 Å². The fourth-order valence-electron chi connectivity index (χ4n) is 2.68. The van der Waals surface area contributed by atoms with Crippen LogP contribution >= 0.6 is 0 Å². The average Bonchev–Trinajstić information content (AvgIpc) is 2.93. The zero-order valence-electron chi connectivity index (χ0n) is 14.0. The summed E-state index contributed by atoms with van der Waals surface area (Å²) in [6.07, 6.45) is 1.72. The molecule has 130 valence electrons. The van der Waals surface area contributed by atoms with Gasteiger partial charge in [-0.05, 0) is 18.4 Å². The second-order valence-electron chi connectivity index (χ2n) is 5.80. The molecule has 0 unspecified atom stereocenters. The Balaban J connectivity index is 1.76. The molecule has 1 aromatic rings. The monoisotopic (exact) mass is 332 g/mol. The number of benzene rings is 1. The third-order valence-corrected chi connectivity index (χ3v) is 4.15. The molecule has 1 aromatic carbocycles. The molecule has 1 aliphatic heterocycles. The van der Waals surface area contributed by atoms with Crippen molar-refractivity contribution < 1.29 is 14.3 Å². The van der Waals surface area contributed by atoms with Crippen LogP contribution in [-0.2, 0) is 16.0 Å². The molecule has 1 aliphatic rings. The molecular weight excluding hydrogens is 308 g/mol. The third-order valence-electron chi connectivity index (χ3n) is 4.15. The summed E-state index contributed by atoms with van der Waals surface area (Å²) >= 11 is 0. The fourth-order valence-corrected chi connectivity index (χ4v) is 2.68. The molecule has 1 heterocycles. The summed E-state index contributed by atoms with van der Waals surface area (Å²) in [7, 11) is 1.37. The Kier molecular flexibility index (Phi) is 6.17. The topological polar surface area (TPSA) is 99.7 Å². The van der Waals surface area contributed by atoms with Crippen LogP contribution in [0.1, 0.15) is 24.0 Å². The lowest BCUT2D eigenvalue weighted by Crippen LogP contribution is -2.33. The molecule has 3 N–H and O–H groups in total. The van der Waals surface area contributed by atoms with Gasteiger partial charge in [-0.2, -0.15) is 0 Å². The standard InChI is InChI=1S/C17H24N4O3/c1-24-15(22)3-2-9-20-11-12-21(17(20)23)10-8-13-4-6-14(7-5-13)16(18)19/h4-7H,2-3,8-12H2,1H3,(H3,18,19). The van der Waals surface area contributed by atoms with E-state index in [9.17, 15) is 9.59 Å². The molecule has 1 saturated heterocycles. The van der Waals surface area contributed by atoms with Crippen LogP contribution in [0.25, 0.3) is 0 Å². The van der Waals surface area contributed by atoms with Gasteiger partial charge in [0.2, 0.25) is 0 Å². The van der Waals surface area contributed by atoms with Crippen LogP contribution in [0.3, 0.4) is 0 Å². The number of ether oxygens (including phenoxy) is 1. The van der Waals surface area contributed by atoms with Crippen molar-refractivity contribution in [1.82, 2.24) is 9.80 Å². The molecule has 0 aromatic heterocycles. The molecule has 7 heteroatoms. The van der Waals surface area contributed by atoms with E-state index in [0.717, 1.165) is 12.0 Å². The second-order valence-corrected chi connectivity index (χ2v) is 5.80. The maximum atomic E-state index is 12.3. The van der Waals surface area contributed by atoms with Crippen LogP contribution in [0, 0.1) is 5.41 Å². The molecule has 0 aliphatic carbocycles. The summed E-state index contributed by atoms with van der Waals surface area (Å²) in [6.45, 7) is 2.65. The Morgan fingerprint density at radius 1 is 1.21 bits per heavy atom. The molecule has 2 rings (SSSR count). The van der Waals surface area contributed by atoms with E-state index in [-0.39, 0.29) is 17.8 Å². The molecule has 0 spiro atoms. The number of esters is 1. The number of amides is 2. The molecule has 24 heavy (non-hydrogen) atoms. The number of methoxy groups -OCH3 is 1. The normalized spacial score (nSPS) is 14.1. The Morgan fingerprint density at radius 3 is 2.42 bits per heavy atom. The molecule has 7 nitrogen and oxygen atoms in total. The van der Waals surface area contributed by atoms with Crippen molar-refractivity contribution in [2.24, 2.45) is 5.73 Å². The summed E-state index contributed by atoms with van der Waals surface area (Å²) in [5, 5.41) is 7.38. The minimum atomic E-state index is -0.243. The molecule has 0 radical (unpaired) electrons. The summed E-state index contributed by atoms with van der Waals surface area (Å²) < 4.78 is 4.60. The fraction of sp³-hybridized carbons (Fsp3) is 0.471. The molecular formula is C17H24N4O3. The van der Waals surface area contributed by atoms with Gasteiger partial charge in [-0.3, -0.25) is 10.2 Å². The van der Waals surface area contributed by atoms with Gasteiger partial charge in [0.05, 0.1) is 7.11 Å². The highest BCUT2D eigenvalue weighted by Gasteiger charge is 2.27. The van der Waals surface area contributed by atoms with E-state index < -0.39 is 0 Å². The Bertz CT molecular complexity index is 600. The van der Waals surface area contributed by atoms with Crippen LogP contribution in [0.5, 0.6) is 0 Å². The van der Waals surface area contributed by atoms with Gasteiger partial charge in [-0.1, -0.05) is 24.3 Å². The number of amidine groups is 1. The number of nitrogens with two attached hydrogens (primary N) is 1. The van der Waals surface area contributed by atoms with Crippen molar-refractivity contribution in [3.63, 3.8) is 0 Å². The van der Waals surface area contributed by atoms with E-state index in [1.54, 1.807) is 4.90 Å². The van der Waals surface area contributed by atoms with E-state index in [1.807, 2.05) is 29.2 Å². The van der Waals surface area contributed by atoms with E-state index in [1.165, 1.54) is 7.11 Å². The third kappa shape index (κ3) is 4.71. The maximum absolute atomic E-state index is 12.3. The smallest absolute Gasteiger partial charge is 0.320 e. The molecule has 0 bridgehead atoms. The van der Waals surface area contributed by atoms with Gasteiger partial charge in [0, 0.05) is 38.2 Å². The van der Waals surface area contributed by atoms with E-state index in [4.69, 9.17) is 11.1 Å². The number of nitrogen functional groups attached to an aromatic ring is 1. The van der Waals surface area contributed by atoms with Gasteiger partial charge in [0.15, 0.2) is 0 Å². The average molecular weight is 332 g/mol. The summed E-state index contributed by atoms with van der Waals surface area (Å²) in [5.74, 6) is -0.189. The maximum Gasteiger partial charge on any atom is 0.320 e. The number of urea groups is 1. The highest BCUT2D eigenvalue weighted by atomic mass is 16.5. The Morgan fingerprint density at radius 2 is 1.83 bits per heavy atom. The minimum absolute atomic E-state index is 0.0280. The van der Waals surface area contributed by atoms with Crippen molar-refractivity contribution in [3.05, 3.63) is 35.4 Å². The first-order valence-electron chi connectivity index (χ1n) is 8.05. The van der Waals surface area contributed by atoms with Crippen molar-refractivity contribution in [3.8, 4) is 0 Å². The lowest BCUT2D eigenvalue weighted by Gasteiger charge is -2.18. The largest absolute Gasteiger partial charge is 0.469 e. The zero-order chi connectivity index (χ0) is 17.5. The SMILES string of the molecule is COC(=O)CCCN1CCN(CCc2ccc(C(=N)N)cc2)C1=O. The number of nitrogens with one attached hydrogen (secondary N) is 1. The van der Waals surface area contributed by atoms with Crippen LogP contribution in [-0.4, -0.2) is 60.9 Å². The highest BCUT2D eigenvalue weighted by Crippen LogP contribution is 2.12. The van der Waals surface area contributed by atoms with Crippen LogP contribution in [0.15, 0.2) is 24.3 Å². The van der Waals surface area contributed by atoms with E-state index in [2.05, 4.69) is 4.74 Å². The van der Waals surface area contributed by atoms with Crippen molar-refractivity contribution in [1.29, 1.82) is 5.41 Å². The minimum Gasteiger partial charge on any atom is -0.469 e. The number of rotatable bonds is 8. The number of carbonyl (C=O) groups excluding carboxylic acids is 2. The van der Waals surface area contributed by atoms with Gasteiger partial charge in [0.25, 0.3) is 0 Å². The summed E-state index contributed by atoms with van der Waals surface area (Å²) in [4.78, 5) is 27.0. The first kappa shape index (κ1) is 17.8. The summed E-state index contributed by atoms with van der Waals surface area (Å²) in [5.41, 5.74) is 7.24. The second kappa shape index (κ2) is 8.33. The quantitative estimate of drug-likeness (QED) is 0.424. The van der Waals surface area contributed by atoms with Gasteiger partial charge in [-0.15, -0.1) is 0 Å². The predicted octanol–water partition coefficient (Wildman–Crippen LogP) is 1.20. The molecule has 0 saturated carbocycles. The Hall–Kier alpha value is -2.57. The number of hydrogen-bond donors (Lipinski definition) is 2. The van der Waals surface area contributed by atoms with Gasteiger partial charge in [0.1, 0.15) is 5.84 Å². The predicted molar refractivity (Wildman–Crippen MR) is 91.0 cm³/mol. The van der Waals surface area contributed by atoms with E-state index in [0.29, 0.717) is 44.6 Å². The first-order valence-corrected chi connectivity index (χ1v) is 8.05. The molecule has 1 fully saturated rings. The number of hydrogen-bond acceptors (Lipinski definition) is 4. The first-order chi connectivity index (χ1) is 11.5. The molecule has 2 amide bonds. The van der Waals surface area contributed by atoms with Crippen LogP contribution in [0.4, 0.5) is 4.79 Å². The Labute approximate surface area is 141 Å². The highest BCUT2D eigenvalue weighted by molar-refractivity contribution is 5.94. The van der Waals surface area contributed by atoms with E-state index >= 15 is 0 Å². The lowest BCUT2D eigenvalue weighted by molar-refractivity contribution is -0.140. The van der Waals surface area contributed by atoms with Gasteiger partial charge >= 0.3 is 12.0 Å². The lowest BCUT2D eigenvalue weighted by atomic mass is 10.1. The van der Waals surface area contributed by atoms with Gasteiger partial charge < -0.3 is 20.3 Å². The number of nitrogens with zero attached hydrogens (tertiary/aromatic N) is 2. The zero-order valence-corrected chi connectivity index (χ0v) is 14.0. The van der Waals surface area contributed by atoms with Gasteiger partial charge in [-0.25, -0.2) is 4.79 Å². The van der Waals surface area contributed by atoms with Crippen LogP contribution < -0.4 is 5.73 Å². The number of carbonyl (C=O) groups is 2. The van der Waals surface area contributed by atoms with Crippen LogP contribution in [0.2, 0.25) is 0 Å². The molecule has 0 atom stereocenters.